The molecule has 0 unspecified atom stereocenters. The van der Waals surface area contributed by atoms with Crippen molar-refractivity contribution in [3.05, 3.63) is 37.5 Å². The molecule has 0 saturated carbocycles. The molecule has 0 radical (unpaired) electrons. The Morgan fingerprint density at radius 2 is 2.40 bits per heavy atom. The lowest BCUT2D eigenvalue weighted by molar-refractivity contribution is -0.117. The topological polar surface area (TPSA) is 32.3 Å². The van der Waals surface area contributed by atoms with Gasteiger partial charge in [-0.3, -0.25) is 4.79 Å². The molecular weight excluding hydrogens is 128 g/mol. The van der Waals surface area contributed by atoms with Crippen LogP contribution in [0.25, 0.3) is 0 Å². The van der Waals surface area contributed by atoms with Crippen LogP contribution in [-0.4, -0.2) is 10.8 Å². The zero-order valence-corrected chi connectivity index (χ0v) is 5.50. The van der Waals surface area contributed by atoms with Crippen molar-refractivity contribution in [2.24, 2.45) is 0 Å². The van der Waals surface area contributed by atoms with Gasteiger partial charge in [-0.15, -0.1) is 0 Å². The molecule has 0 atom stereocenters. The summed E-state index contributed by atoms with van der Waals surface area (Å²) in [4.78, 5) is 12.4. The first-order valence-electron chi connectivity index (χ1n) is 2.83. The summed E-state index contributed by atoms with van der Waals surface area (Å²) in [5.41, 5.74) is 0.387. The first-order chi connectivity index (χ1) is 4.75. The molecule has 1 amide bonds. The Kier molecular flexibility index (Phi) is 1.58. The number of hydrogen-bond donors (Lipinski definition) is 1. The monoisotopic (exact) mass is 136 g/mol. The van der Waals surface area contributed by atoms with E-state index in [2.05, 4.69) is 18.5 Å². The van der Waals surface area contributed by atoms with E-state index >= 15 is 0 Å². The minimum Gasteiger partial charge on any atom is -0.326 e. The zero-order chi connectivity index (χ0) is 7.56. The Labute approximate surface area is 59.3 Å². The third-order valence-electron chi connectivity index (χ3n) is 1.22. The van der Waals surface area contributed by atoms with Crippen LogP contribution >= 0.6 is 0 Å². The molecule has 3 heteroatoms. The summed E-state index contributed by atoms with van der Waals surface area (Å²) in [5, 5.41) is 2.49. The molecule has 1 N–H and O–H groups in total. The summed E-state index contributed by atoms with van der Waals surface area (Å²) in [6.07, 6.45) is 4.74. The summed E-state index contributed by atoms with van der Waals surface area (Å²) in [6, 6.07) is 0. The van der Waals surface area contributed by atoms with E-state index in [-0.39, 0.29) is 5.91 Å². The largest absolute Gasteiger partial charge is 0.326 e. The number of carbonyl (C=O) groups excluding carboxylic acids is 1. The van der Waals surface area contributed by atoms with Crippen LogP contribution in [0.15, 0.2) is 37.5 Å². The van der Waals surface area contributed by atoms with Gasteiger partial charge < -0.3 is 10.2 Å². The molecule has 1 aliphatic rings. The van der Waals surface area contributed by atoms with E-state index in [0.29, 0.717) is 5.70 Å². The van der Waals surface area contributed by atoms with Crippen molar-refractivity contribution in [2.45, 2.75) is 0 Å². The normalized spacial score (nSPS) is 17.0. The second-order valence-corrected chi connectivity index (χ2v) is 1.83. The Bertz CT molecular complexity index is 218. The predicted molar refractivity (Wildman–Crippen MR) is 38.5 cm³/mol. The van der Waals surface area contributed by atoms with Crippen molar-refractivity contribution in [1.82, 2.24) is 10.2 Å². The third kappa shape index (κ3) is 0.932. The second kappa shape index (κ2) is 2.39. The molecular formula is C7H8N2O. The second-order valence-electron chi connectivity index (χ2n) is 1.83. The van der Waals surface area contributed by atoms with Crippen molar-refractivity contribution in [1.29, 1.82) is 0 Å². The maximum atomic E-state index is 10.8. The van der Waals surface area contributed by atoms with Gasteiger partial charge in [0.2, 0.25) is 0 Å². The Morgan fingerprint density at radius 1 is 1.70 bits per heavy atom. The molecule has 0 aliphatic carbocycles. The van der Waals surface area contributed by atoms with E-state index < -0.39 is 0 Å². The molecule has 0 aromatic rings. The van der Waals surface area contributed by atoms with Crippen LogP contribution in [-0.2, 0) is 4.79 Å². The Balaban J connectivity index is 2.86. The van der Waals surface area contributed by atoms with Gasteiger partial charge in [0.05, 0.1) is 0 Å². The molecule has 10 heavy (non-hydrogen) atoms. The van der Waals surface area contributed by atoms with Gasteiger partial charge in [0, 0.05) is 18.6 Å². The Morgan fingerprint density at radius 3 is 2.90 bits per heavy atom. The van der Waals surface area contributed by atoms with Crippen molar-refractivity contribution in [3.8, 4) is 0 Å². The molecule has 3 nitrogen and oxygen atoms in total. The minimum atomic E-state index is -0.192. The van der Waals surface area contributed by atoms with Crippen LogP contribution in [0.4, 0.5) is 0 Å². The van der Waals surface area contributed by atoms with Crippen LogP contribution in [0, 0.1) is 0 Å². The van der Waals surface area contributed by atoms with E-state index in [1.165, 1.54) is 6.20 Å². The van der Waals surface area contributed by atoms with Crippen LogP contribution in [0.3, 0.4) is 0 Å². The first-order valence-corrected chi connectivity index (χ1v) is 2.83. The fraction of sp³-hybridized carbons (Fsp3) is 0. The van der Waals surface area contributed by atoms with E-state index in [0.717, 1.165) is 0 Å². The standard InChI is InChI=1S/C7H8N2O/c1-3-9-5-4-8-7(10)6(9)2/h3-5H,1-2H2,(H,8,10). The highest BCUT2D eigenvalue weighted by Gasteiger charge is 2.12. The molecule has 1 heterocycles. The quantitative estimate of drug-likeness (QED) is 0.534. The van der Waals surface area contributed by atoms with Crippen molar-refractivity contribution < 1.29 is 4.79 Å². The van der Waals surface area contributed by atoms with Crippen molar-refractivity contribution >= 4 is 5.91 Å². The molecule has 1 aliphatic heterocycles. The lowest BCUT2D eigenvalue weighted by atomic mass is 10.3. The van der Waals surface area contributed by atoms with Gasteiger partial charge in [-0.25, -0.2) is 0 Å². The van der Waals surface area contributed by atoms with Gasteiger partial charge in [-0.05, 0) is 0 Å². The van der Waals surface area contributed by atoms with Gasteiger partial charge in [0.1, 0.15) is 5.70 Å². The maximum Gasteiger partial charge on any atom is 0.271 e. The number of amides is 1. The van der Waals surface area contributed by atoms with E-state index in [4.69, 9.17) is 0 Å². The summed E-state index contributed by atoms with van der Waals surface area (Å²) < 4.78 is 0. The van der Waals surface area contributed by atoms with Gasteiger partial charge in [0.15, 0.2) is 0 Å². The SMILES string of the molecule is C=CN1C=CNC(=O)C1=C. The Hall–Kier alpha value is -1.51. The predicted octanol–water partition coefficient (Wildman–Crippen LogP) is 0.547. The van der Waals surface area contributed by atoms with Crippen LogP contribution < -0.4 is 5.32 Å². The minimum absolute atomic E-state index is 0.192. The molecule has 0 fully saturated rings. The van der Waals surface area contributed by atoms with Gasteiger partial charge in [-0.1, -0.05) is 13.2 Å². The first kappa shape index (κ1) is 6.61. The van der Waals surface area contributed by atoms with E-state index in [1.807, 2.05) is 0 Å². The number of carbonyl (C=O) groups is 1. The number of rotatable bonds is 1. The van der Waals surface area contributed by atoms with E-state index in [1.54, 1.807) is 17.3 Å². The fourth-order valence-corrected chi connectivity index (χ4v) is 0.655. The highest BCUT2D eigenvalue weighted by molar-refractivity contribution is 5.94. The molecule has 0 aromatic carbocycles. The average Bonchev–Trinajstić information content (AvgIpc) is 1.95. The maximum absolute atomic E-state index is 10.8. The molecule has 52 valence electrons. The summed E-state index contributed by atoms with van der Waals surface area (Å²) in [5.74, 6) is -0.192. The lowest BCUT2D eigenvalue weighted by Crippen LogP contribution is -2.30. The number of hydrogen-bond acceptors (Lipinski definition) is 2. The lowest BCUT2D eigenvalue weighted by Gasteiger charge is -2.20. The molecule has 1 rings (SSSR count). The van der Waals surface area contributed by atoms with Crippen LogP contribution in [0.5, 0.6) is 0 Å². The summed E-state index contributed by atoms with van der Waals surface area (Å²) >= 11 is 0. The van der Waals surface area contributed by atoms with Gasteiger partial charge in [0.25, 0.3) is 5.91 Å². The summed E-state index contributed by atoms with van der Waals surface area (Å²) in [7, 11) is 0. The third-order valence-corrected chi connectivity index (χ3v) is 1.22. The average molecular weight is 136 g/mol. The van der Waals surface area contributed by atoms with Crippen LogP contribution in [0.2, 0.25) is 0 Å². The van der Waals surface area contributed by atoms with Crippen molar-refractivity contribution in [3.63, 3.8) is 0 Å². The van der Waals surface area contributed by atoms with Crippen LogP contribution in [0.1, 0.15) is 0 Å². The van der Waals surface area contributed by atoms with Crippen molar-refractivity contribution in [2.75, 3.05) is 0 Å². The zero-order valence-electron chi connectivity index (χ0n) is 5.50. The number of nitrogens with one attached hydrogen (secondary N) is 1. The highest BCUT2D eigenvalue weighted by Crippen LogP contribution is 2.06. The molecule has 0 saturated heterocycles. The fourth-order valence-electron chi connectivity index (χ4n) is 0.655. The molecule has 0 bridgehead atoms. The van der Waals surface area contributed by atoms with Gasteiger partial charge >= 0.3 is 0 Å². The number of nitrogens with zero attached hydrogens (tertiary/aromatic N) is 1. The van der Waals surface area contributed by atoms with Gasteiger partial charge in [-0.2, -0.15) is 0 Å². The van der Waals surface area contributed by atoms with E-state index in [9.17, 15) is 4.79 Å². The smallest absolute Gasteiger partial charge is 0.271 e. The summed E-state index contributed by atoms with van der Waals surface area (Å²) in [6.45, 7) is 7.04. The highest BCUT2D eigenvalue weighted by atomic mass is 16.2. The molecule has 0 aromatic heterocycles. The molecule has 0 spiro atoms.